The maximum atomic E-state index is 12.3. The van der Waals surface area contributed by atoms with Crippen molar-refractivity contribution in [3.63, 3.8) is 0 Å². The fourth-order valence-electron chi connectivity index (χ4n) is 2.30. The van der Waals surface area contributed by atoms with Gasteiger partial charge in [-0.3, -0.25) is 4.21 Å². The van der Waals surface area contributed by atoms with Gasteiger partial charge in [-0.2, -0.15) is 0 Å². The van der Waals surface area contributed by atoms with Gasteiger partial charge in [0.2, 0.25) is 10.0 Å². The van der Waals surface area contributed by atoms with Crippen molar-refractivity contribution in [1.29, 1.82) is 0 Å². The van der Waals surface area contributed by atoms with Gasteiger partial charge in [-0.15, -0.1) is 0 Å². The van der Waals surface area contributed by atoms with E-state index in [4.69, 9.17) is 18.0 Å². The summed E-state index contributed by atoms with van der Waals surface area (Å²) < 4.78 is 38.5. The van der Waals surface area contributed by atoms with Crippen molar-refractivity contribution in [2.24, 2.45) is 5.73 Å². The summed E-state index contributed by atoms with van der Waals surface area (Å²) >= 11 is 4.94. The predicted molar refractivity (Wildman–Crippen MR) is 89.0 cm³/mol. The minimum absolute atomic E-state index is 0.135. The number of sulfonamides is 1. The zero-order valence-electron chi connectivity index (χ0n) is 11.4. The highest BCUT2D eigenvalue weighted by molar-refractivity contribution is 7.88. The number of rotatable bonds is 5. The molecular weight excluding hydrogens is 328 g/mol. The van der Waals surface area contributed by atoms with E-state index in [9.17, 15) is 12.6 Å². The van der Waals surface area contributed by atoms with Gasteiger partial charge in [0.05, 0.1) is 5.75 Å². The van der Waals surface area contributed by atoms with Gasteiger partial charge in [0, 0.05) is 33.9 Å². The highest BCUT2D eigenvalue weighted by Crippen LogP contribution is 2.15. The Morgan fingerprint density at radius 3 is 2.57 bits per heavy atom. The van der Waals surface area contributed by atoms with Crippen LogP contribution in [0.2, 0.25) is 0 Å². The van der Waals surface area contributed by atoms with Crippen LogP contribution in [-0.2, 0) is 26.6 Å². The smallest absolute Gasteiger partial charge is 0.216 e. The van der Waals surface area contributed by atoms with Crippen molar-refractivity contribution in [3.05, 3.63) is 35.4 Å². The van der Waals surface area contributed by atoms with Crippen LogP contribution >= 0.6 is 12.2 Å². The molecule has 0 aromatic heterocycles. The number of thiocarbonyl (C=S) groups is 1. The van der Waals surface area contributed by atoms with E-state index >= 15 is 0 Å². The molecule has 0 bridgehead atoms. The first-order valence-corrected chi connectivity index (χ1v) is 10.1. The van der Waals surface area contributed by atoms with Gasteiger partial charge in [0.1, 0.15) is 4.99 Å². The van der Waals surface area contributed by atoms with Crippen LogP contribution in [0.25, 0.3) is 0 Å². The second kappa shape index (κ2) is 6.95. The Hall–Kier alpha value is -0.830. The molecule has 0 amide bonds. The highest BCUT2D eigenvalue weighted by atomic mass is 32.2. The molecule has 0 spiro atoms. The van der Waals surface area contributed by atoms with E-state index in [2.05, 4.69) is 4.72 Å². The summed E-state index contributed by atoms with van der Waals surface area (Å²) in [6, 6.07) is 6.83. The zero-order valence-corrected chi connectivity index (χ0v) is 13.9. The molecule has 0 radical (unpaired) electrons. The Kier molecular flexibility index (Phi) is 5.48. The Balaban J connectivity index is 2.08. The SMILES string of the molecule is NC(=S)c1ccccc1CS(=O)(=O)NC1CCS(=O)CC1. The fraction of sp³-hybridized carbons (Fsp3) is 0.462. The van der Waals surface area contributed by atoms with Crippen LogP contribution in [-0.4, -0.2) is 35.2 Å². The molecule has 1 fully saturated rings. The summed E-state index contributed by atoms with van der Waals surface area (Å²) in [6.45, 7) is 0. The van der Waals surface area contributed by atoms with Crippen molar-refractivity contribution < 1.29 is 12.6 Å². The summed E-state index contributed by atoms with van der Waals surface area (Å²) in [5, 5.41) is 0. The lowest BCUT2D eigenvalue weighted by Crippen LogP contribution is -2.40. The van der Waals surface area contributed by atoms with E-state index < -0.39 is 20.8 Å². The lowest BCUT2D eigenvalue weighted by Gasteiger charge is -2.22. The molecule has 0 unspecified atom stereocenters. The summed E-state index contributed by atoms with van der Waals surface area (Å²) in [5.41, 5.74) is 6.80. The molecule has 8 heteroatoms. The average Bonchev–Trinajstić information content (AvgIpc) is 2.41. The highest BCUT2D eigenvalue weighted by Gasteiger charge is 2.23. The number of nitrogens with one attached hydrogen (secondary N) is 1. The maximum Gasteiger partial charge on any atom is 0.216 e. The monoisotopic (exact) mass is 346 g/mol. The lowest BCUT2D eigenvalue weighted by molar-refractivity contribution is 0.521. The quantitative estimate of drug-likeness (QED) is 0.764. The molecule has 1 aliphatic rings. The summed E-state index contributed by atoms with van der Waals surface area (Å²) in [7, 11) is -4.28. The maximum absolute atomic E-state index is 12.3. The van der Waals surface area contributed by atoms with Crippen LogP contribution in [0, 0.1) is 0 Å². The zero-order chi connectivity index (χ0) is 15.5. The molecule has 1 saturated heterocycles. The number of hydrogen-bond donors (Lipinski definition) is 2. The van der Waals surface area contributed by atoms with Gasteiger partial charge in [-0.25, -0.2) is 13.1 Å². The minimum atomic E-state index is -3.47. The lowest BCUT2D eigenvalue weighted by atomic mass is 10.1. The molecule has 5 nitrogen and oxygen atoms in total. The standard InChI is InChI=1S/C13H18N2O3S3/c14-13(19)12-4-2-1-3-10(12)9-21(17,18)15-11-5-7-20(16)8-6-11/h1-4,11,15H,5-9H2,(H2,14,19). The Labute approximate surface area is 132 Å². The second-order valence-corrected chi connectivity index (χ2v) is 8.91. The van der Waals surface area contributed by atoms with E-state index in [0.717, 1.165) is 0 Å². The number of hydrogen-bond acceptors (Lipinski definition) is 4. The Morgan fingerprint density at radius 1 is 1.33 bits per heavy atom. The Bertz CT molecular complexity index is 648. The molecule has 1 aromatic rings. The minimum Gasteiger partial charge on any atom is -0.389 e. The van der Waals surface area contributed by atoms with Crippen molar-refractivity contribution in [1.82, 2.24) is 4.72 Å². The van der Waals surface area contributed by atoms with Crippen LogP contribution in [0.3, 0.4) is 0 Å². The van der Waals surface area contributed by atoms with E-state index in [1.54, 1.807) is 24.3 Å². The largest absolute Gasteiger partial charge is 0.389 e. The van der Waals surface area contributed by atoms with Crippen molar-refractivity contribution in [3.8, 4) is 0 Å². The van der Waals surface area contributed by atoms with Crippen LogP contribution < -0.4 is 10.5 Å². The summed E-state index contributed by atoms with van der Waals surface area (Å²) in [4.78, 5) is 0.189. The van der Waals surface area contributed by atoms with Crippen LogP contribution in [0.15, 0.2) is 24.3 Å². The normalized spacial score (nSPS) is 22.9. The first kappa shape index (κ1) is 16.5. The molecule has 1 aromatic carbocycles. The second-order valence-electron chi connectivity index (χ2n) is 5.02. The van der Waals surface area contributed by atoms with Gasteiger partial charge in [0.15, 0.2) is 0 Å². The molecule has 0 saturated carbocycles. The Morgan fingerprint density at radius 2 is 1.95 bits per heavy atom. The topological polar surface area (TPSA) is 89.3 Å². The van der Waals surface area contributed by atoms with Gasteiger partial charge >= 0.3 is 0 Å². The summed E-state index contributed by atoms with van der Waals surface area (Å²) in [5.74, 6) is 0.952. The molecule has 3 N–H and O–H groups in total. The first-order chi connectivity index (χ1) is 9.87. The van der Waals surface area contributed by atoms with Crippen molar-refractivity contribution in [2.75, 3.05) is 11.5 Å². The third-order valence-electron chi connectivity index (χ3n) is 3.36. The first-order valence-electron chi connectivity index (χ1n) is 6.60. The third kappa shape index (κ3) is 4.84. The summed E-state index contributed by atoms with van der Waals surface area (Å²) in [6.07, 6.45) is 1.23. The molecule has 0 aliphatic carbocycles. The van der Waals surface area contributed by atoms with Crippen molar-refractivity contribution >= 4 is 38.0 Å². The molecule has 1 aliphatic heterocycles. The van der Waals surface area contributed by atoms with E-state index in [-0.39, 0.29) is 16.8 Å². The van der Waals surface area contributed by atoms with Crippen LogP contribution in [0.4, 0.5) is 0 Å². The van der Waals surface area contributed by atoms with Gasteiger partial charge in [-0.1, -0.05) is 36.5 Å². The fourth-order valence-corrected chi connectivity index (χ4v) is 5.28. The molecule has 2 rings (SSSR count). The van der Waals surface area contributed by atoms with Crippen molar-refractivity contribution in [2.45, 2.75) is 24.6 Å². The van der Waals surface area contributed by atoms with Crippen LogP contribution in [0.5, 0.6) is 0 Å². The average molecular weight is 346 g/mol. The van der Waals surface area contributed by atoms with E-state index in [1.807, 2.05) is 0 Å². The molecular formula is C13H18N2O3S3. The van der Waals surface area contributed by atoms with Gasteiger partial charge in [-0.05, 0) is 18.4 Å². The van der Waals surface area contributed by atoms with E-state index in [1.165, 1.54) is 0 Å². The molecule has 21 heavy (non-hydrogen) atoms. The molecule has 1 heterocycles. The molecule has 0 atom stereocenters. The number of nitrogens with two attached hydrogens (primary N) is 1. The van der Waals surface area contributed by atoms with Crippen LogP contribution in [0.1, 0.15) is 24.0 Å². The third-order valence-corrected chi connectivity index (χ3v) is 6.35. The predicted octanol–water partition coefficient (Wildman–Crippen LogP) is 0.651. The number of benzene rings is 1. The van der Waals surface area contributed by atoms with Gasteiger partial charge < -0.3 is 5.73 Å². The van der Waals surface area contributed by atoms with Gasteiger partial charge in [0.25, 0.3) is 0 Å². The molecule has 116 valence electrons. The van der Waals surface area contributed by atoms with E-state index in [0.29, 0.717) is 35.5 Å².